The molecule has 0 bridgehead atoms. The number of sulfone groups is 1. The Morgan fingerprint density at radius 3 is 3.07 bits per heavy atom. The minimum atomic E-state index is -2.81. The standard InChI is InChI=1S/C8H11BrN2O2S2/c9-1-5-2-11-7-4-15(12,13)3-6(7)10-8(11)14-5/h5-7H,1-4H2/p+1. The lowest BCUT2D eigenvalue weighted by atomic mass is 10.2. The average molecular weight is 312 g/mol. The molecule has 0 aromatic rings. The van der Waals surface area contributed by atoms with Crippen LogP contribution in [-0.4, -0.2) is 58.9 Å². The van der Waals surface area contributed by atoms with E-state index >= 15 is 0 Å². The van der Waals surface area contributed by atoms with Crippen molar-refractivity contribution in [2.24, 2.45) is 0 Å². The third kappa shape index (κ3) is 1.63. The maximum atomic E-state index is 11.5. The van der Waals surface area contributed by atoms with Crippen LogP contribution >= 0.6 is 27.7 Å². The van der Waals surface area contributed by atoms with Gasteiger partial charge >= 0.3 is 5.17 Å². The molecular formula is C8H12BrN2O2S2+. The fourth-order valence-electron chi connectivity index (χ4n) is 2.48. The van der Waals surface area contributed by atoms with Crippen LogP contribution in [0.15, 0.2) is 0 Å². The highest BCUT2D eigenvalue weighted by atomic mass is 79.9. The topological polar surface area (TPSA) is 49.2 Å². The second kappa shape index (κ2) is 3.37. The molecule has 4 nitrogen and oxygen atoms in total. The number of alkyl halides is 1. The zero-order chi connectivity index (χ0) is 10.6. The molecule has 0 aliphatic carbocycles. The molecular weight excluding hydrogens is 300 g/mol. The molecule has 15 heavy (non-hydrogen) atoms. The Balaban J connectivity index is 1.84. The summed E-state index contributed by atoms with van der Waals surface area (Å²) in [5.41, 5.74) is 0. The zero-order valence-electron chi connectivity index (χ0n) is 8.02. The summed E-state index contributed by atoms with van der Waals surface area (Å²) in [5, 5.41) is 6.04. The molecule has 7 heteroatoms. The van der Waals surface area contributed by atoms with Crippen LogP contribution in [0.25, 0.3) is 0 Å². The number of fused-ring (bicyclic) bond motifs is 2. The number of nitrogens with one attached hydrogen (secondary N) is 1. The summed E-state index contributed by atoms with van der Waals surface area (Å²) >= 11 is 5.30. The summed E-state index contributed by atoms with van der Waals surface area (Å²) in [5.74, 6) is 0.626. The first-order valence-electron chi connectivity index (χ1n) is 4.92. The van der Waals surface area contributed by atoms with Gasteiger partial charge in [0.2, 0.25) is 0 Å². The van der Waals surface area contributed by atoms with Gasteiger partial charge in [0.1, 0.15) is 6.04 Å². The molecule has 0 radical (unpaired) electrons. The lowest BCUT2D eigenvalue weighted by Gasteiger charge is -2.09. The van der Waals surface area contributed by atoms with E-state index in [1.165, 1.54) is 5.17 Å². The number of thioether (sulfide) groups is 1. The van der Waals surface area contributed by atoms with Crippen LogP contribution in [0.3, 0.4) is 0 Å². The fourth-order valence-corrected chi connectivity index (χ4v) is 6.18. The van der Waals surface area contributed by atoms with E-state index in [0.717, 1.165) is 11.9 Å². The van der Waals surface area contributed by atoms with Crippen molar-refractivity contribution in [3.8, 4) is 0 Å². The normalized spacial score (nSPS) is 41.5. The van der Waals surface area contributed by atoms with Gasteiger partial charge < -0.3 is 0 Å². The first kappa shape index (κ1) is 10.4. The Morgan fingerprint density at radius 1 is 1.53 bits per heavy atom. The Labute approximate surface area is 102 Å². The number of rotatable bonds is 1. The molecule has 1 saturated heterocycles. The summed E-state index contributed by atoms with van der Waals surface area (Å²) in [7, 11) is -2.81. The van der Waals surface area contributed by atoms with Gasteiger partial charge in [-0.2, -0.15) is 0 Å². The number of nitrogens with zero attached hydrogens (tertiary/aromatic N) is 1. The Hall–Kier alpha value is 0.250. The van der Waals surface area contributed by atoms with E-state index in [2.05, 4.69) is 25.8 Å². The lowest BCUT2D eigenvalue weighted by molar-refractivity contribution is -0.546. The van der Waals surface area contributed by atoms with Crippen molar-refractivity contribution < 1.29 is 13.0 Å². The van der Waals surface area contributed by atoms with Gasteiger partial charge in [0, 0.05) is 5.33 Å². The molecule has 0 spiro atoms. The molecule has 1 N–H and O–H groups in total. The quantitative estimate of drug-likeness (QED) is 0.530. The van der Waals surface area contributed by atoms with Gasteiger partial charge in [-0.05, 0) is 11.8 Å². The van der Waals surface area contributed by atoms with Gasteiger partial charge in [0.15, 0.2) is 15.9 Å². The maximum Gasteiger partial charge on any atom is 0.307 e. The first-order valence-corrected chi connectivity index (χ1v) is 8.74. The predicted molar refractivity (Wildman–Crippen MR) is 64.7 cm³/mol. The van der Waals surface area contributed by atoms with Crippen molar-refractivity contribution in [3.05, 3.63) is 0 Å². The molecule has 3 atom stereocenters. The van der Waals surface area contributed by atoms with E-state index in [4.69, 9.17) is 0 Å². The molecule has 3 rings (SSSR count). The summed E-state index contributed by atoms with van der Waals surface area (Å²) in [4.78, 5) is 0. The molecule has 0 aromatic carbocycles. The maximum absolute atomic E-state index is 11.5. The third-order valence-electron chi connectivity index (χ3n) is 3.14. The van der Waals surface area contributed by atoms with Crippen LogP contribution in [0, 0.1) is 0 Å². The smallest absolute Gasteiger partial charge is 0.261 e. The molecule has 0 aromatic heterocycles. The van der Waals surface area contributed by atoms with Crippen LogP contribution in [-0.2, 0) is 9.84 Å². The number of hydrogen-bond donors (Lipinski definition) is 1. The number of hydrogen-bond acceptors (Lipinski definition) is 4. The van der Waals surface area contributed by atoms with Crippen LogP contribution < -0.4 is 5.32 Å². The molecule has 3 aliphatic rings. The summed E-state index contributed by atoms with van der Waals surface area (Å²) in [6.45, 7) is 0.967. The van der Waals surface area contributed by atoms with E-state index in [0.29, 0.717) is 16.8 Å². The molecule has 84 valence electrons. The van der Waals surface area contributed by atoms with Crippen LogP contribution in [0.4, 0.5) is 0 Å². The molecule has 0 saturated carbocycles. The highest BCUT2D eigenvalue weighted by Gasteiger charge is 2.53. The SMILES string of the molecule is O=S1(=O)CC2NC3=[N+](CC(CBr)S3)C2C1. The molecule has 3 unspecified atom stereocenters. The van der Waals surface area contributed by atoms with Gasteiger partial charge in [-0.15, -0.1) is 0 Å². The van der Waals surface area contributed by atoms with Crippen molar-refractivity contribution >= 4 is 42.7 Å². The Kier molecular flexibility index (Phi) is 2.34. The van der Waals surface area contributed by atoms with E-state index in [1.54, 1.807) is 0 Å². The third-order valence-corrected chi connectivity index (χ3v) is 7.29. The van der Waals surface area contributed by atoms with Crippen molar-refractivity contribution in [2.75, 3.05) is 23.4 Å². The van der Waals surface area contributed by atoms with Gasteiger partial charge in [0.05, 0.1) is 23.3 Å². The van der Waals surface area contributed by atoms with E-state index < -0.39 is 9.84 Å². The van der Waals surface area contributed by atoms with Crippen molar-refractivity contribution in [3.63, 3.8) is 0 Å². The van der Waals surface area contributed by atoms with Crippen LogP contribution in [0.1, 0.15) is 0 Å². The largest absolute Gasteiger partial charge is 0.307 e. The monoisotopic (exact) mass is 311 g/mol. The van der Waals surface area contributed by atoms with E-state index in [1.807, 2.05) is 11.8 Å². The van der Waals surface area contributed by atoms with Crippen molar-refractivity contribution in [2.45, 2.75) is 17.3 Å². The zero-order valence-corrected chi connectivity index (χ0v) is 11.2. The lowest BCUT2D eigenvalue weighted by Crippen LogP contribution is -2.37. The van der Waals surface area contributed by atoms with Crippen molar-refractivity contribution in [1.82, 2.24) is 5.32 Å². The predicted octanol–water partition coefficient (Wildman–Crippen LogP) is -0.366. The molecule has 0 amide bonds. The van der Waals surface area contributed by atoms with E-state index in [-0.39, 0.29) is 12.1 Å². The molecule has 1 fully saturated rings. The summed E-state index contributed by atoms with van der Waals surface area (Å²) < 4.78 is 25.2. The Morgan fingerprint density at radius 2 is 2.33 bits per heavy atom. The minimum absolute atomic E-state index is 0.133. The highest BCUT2D eigenvalue weighted by molar-refractivity contribution is 9.09. The fraction of sp³-hybridized carbons (Fsp3) is 0.875. The van der Waals surface area contributed by atoms with Crippen LogP contribution in [0.2, 0.25) is 0 Å². The summed E-state index contributed by atoms with van der Waals surface area (Å²) in [6, 6.07) is 0.315. The molecule has 3 aliphatic heterocycles. The Bertz CT molecular complexity index is 434. The molecule has 3 heterocycles. The van der Waals surface area contributed by atoms with Crippen LogP contribution in [0.5, 0.6) is 0 Å². The second-order valence-electron chi connectivity index (χ2n) is 4.25. The van der Waals surface area contributed by atoms with E-state index in [9.17, 15) is 8.42 Å². The van der Waals surface area contributed by atoms with Gasteiger partial charge in [0.25, 0.3) is 0 Å². The van der Waals surface area contributed by atoms with Gasteiger partial charge in [-0.1, -0.05) is 15.9 Å². The highest BCUT2D eigenvalue weighted by Crippen LogP contribution is 2.31. The van der Waals surface area contributed by atoms with Gasteiger partial charge in [-0.25, -0.2) is 13.0 Å². The van der Waals surface area contributed by atoms with Gasteiger partial charge in [-0.3, -0.25) is 5.32 Å². The average Bonchev–Trinajstić information content (AvgIpc) is 2.72. The number of amidine groups is 1. The first-order chi connectivity index (χ1) is 7.09. The second-order valence-corrected chi connectivity index (χ2v) is 8.34. The minimum Gasteiger partial charge on any atom is -0.261 e. The number of halogens is 1. The van der Waals surface area contributed by atoms with Crippen molar-refractivity contribution in [1.29, 1.82) is 0 Å². The summed E-state index contributed by atoms with van der Waals surface area (Å²) in [6.07, 6.45) is 0.